The quantitative estimate of drug-likeness (QED) is 0.242. The second-order valence-corrected chi connectivity index (χ2v) is 8.61. The van der Waals surface area contributed by atoms with Crippen molar-refractivity contribution >= 4 is 18.3 Å². The summed E-state index contributed by atoms with van der Waals surface area (Å²) in [6.45, 7) is 11.1. The molecule has 1 aromatic rings. The van der Waals surface area contributed by atoms with E-state index in [1.807, 2.05) is 0 Å². The number of amides is 1. The molecular weight excluding hydrogens is 430 g/mol. The molecule has 0 aromatic heterocycles. The molecule has 9 heteroatoms. The van der Waals surface area contributed by atoms with E-state index in [1.165, 1.54) is 24.3 Å². The average Bonchev–Trinajstić information content (AvgIpc) is 2.75. The van der Waals surface area contributed by atoms with Crippen molar-refractivity contribution < 1.29 is 38.1 Å². The molecule has 1 saturated heterocycles. The van der Waals surface area contributed by atoms with Crippen molar-refractivity contribution in [1.29, 1.82) is 0 Å². The highest BCUT2D eigenvalue weighted by atomic mass is 16.7. The Morgan fingerprint density at radius 2 is 2.03 bits per heavy atom. The number of benzene rings is 1. The van der Waals surface area contributed by atoms with Crippen LogP contribution in [0.2, 0.25) is 0 Å². The Morgan fingerprint density at radius 1 is 1.27 bits per heavy atom. The number of carbonyl (C=O) groups excluding carboxylic acids is 3. The van der Waals surface area contributed by atoms with Crippen LogP contribution in [0.15, 0.2) is 30.9 Å². The topological polar surface area (TPSA) is 109 Å². The molecule has 1 aliphatic rings. The first-order valence-corrected chi connectivity index (χ1v) is 10.9. The van der Waals surface area contributed by atoms with Gasteiger partial charge in [0.15, 0.2) is 23.8 Å². The van der Waals surface area contributed by atoms with Crippen molar-refractivity contribution in [2.24, 2.45) is 0 Å². The molecule has 1 N–H and O–H groups in total. The number of hydrogen-bond donors (Lipinski definition) is 1. The Kier molecular flexibility index (Phi) is 9.87. The van der Waals surface area contributed by atoms with Crippen molar-refractivity contribution in [3.05, 3.63) is 36.4 Å². The van der Waals surface area contributed by atoms with Gasteiger partial charge in [-0.15, -0.1) is 0 Å². The summed E-state index contributed by atoms with van der Waals surface area (Å²) < 4.78 is 27.8. The zero-order valence-electron chi connectivity index (χ0n) is 19.6. The molecule has 0 aliphatic carbocycles. The fourth-order valence-electron chi connectivity index (χ4n) is 3.06. The van der Waals surface area contributed by atoms with Gasteiger partial charge in [0.05, 0.1) is 6.10 Å². The summed E-state index contributed by atoms with van der Waals surface area (Å²) in [4.78, 5) is 36.8. The molecule has 1 aliphatic heterocycles. The van der Waals surface area contributed by atoms with E-state index in [-0.39, 0.29) is 18.1 Å². The van der Waals surface area contributed by atoms with Crippen LogP contribution in [-0.2, 0) is 19.0 Å². The minimum absolute atomic E-state index is 0.0311. The lowest BCUT2D eigenvalue weighted by Gasteiger charge is -2.30. The predicted molar refractivity (Wildman–Crippen MR) is 120 cm³/mol. The summed E-state index contributed by atoms with van der Waals surface area (Å²) >= 11 is 0. The van der Waals surface area contributed by atoms with Gasteiger partial charge < -0.3 is 29.0 Å². The molecule has 3 atom stereocenters. The average molecular weight is 464 g/mol. The number of ether oxygens (including phenoxy) is 5. The van der Waals surface area contributed by atoms with E-state index in [9.17, 15) is 14.4 Å². The molecule has 1 fully saturated rings. The van der Waals surface area contributed by atoms with E-state index in [2.05, 4.69) is 11.9 Å². The van der Waals surface area contributed by atoms with Crippen molar-refractivity contribution in [2.75, 3.05) is 13.2 Å². The predicted octanol–water partition coefficient (Wildman–Crippen LogP) is 3.79. The molecule has 0 saturated carbocycles. The van der Waals surface area contributed by atoms with Crippen molar-refractivity contribution in [3.63, 3.8) is 0 Å². The summed E-state index contributed by atoms with van der Waals surface area (Å²) in [5, 5.41) is 2.53. The SMILES string of the molecule is C=CCOc1ccc(C=O)cc1OC(=O)C(NC(=O)OC(C)(C)C)C(C)OC1CCCCO1. The van der Waals surface area contributed by atoms with Gasteiger partial charge in [0.1, 0.15) is 18.5 Å². The van der Waals surface area contributed by atoms with Crippen molar-refractivity contribution in [3.8, 4) is 11.5 Å². The first kappa shape index (κ1) is 26.3. The first-order valence-electron chi connectivity index (χ1n) is 10.9. The summed E-state index contributed by atoms with van der Waals surface area (Å²) in [7, 11) is 0. The van der Waals surface area contributed by atoms with E-state index in [0.29, 0.717) is 24.9 Å². The van der Waals surface area contributed by atoms with E-state index in [1.54, 1.807) is 27.7 Å². The van der Waals surface area contributed by atoms with Crippen LogP contribution in [0.1, 0.15) is 57.3 Å². The highest BCUT2D eigenvalue weighted by Crippen LogP contribution is 2.29. The number of nitrogens with one attached hydrogen (secondary N) is 1. The van der Waals surface area contributed by atoms with Gasteiger partial charge in [-0.25, -0.2) is 9.59 Å². The molecule has 1 amide bonds. The second kappa shape index (κ2) is 12.4. The number of carbonyl (C=O) groups is 3. The maximum Gasteiger partial charge on any atom is 0.408 e. The molecular formula is C24H33NO8. The smallest absolute Gasteiger partial charge is 0.408 e. The maximum absolute atomic E-state index is 13.1. The van der Waals surface area contributed by atoms with Crippen LogP contribution in [0, 0.1) is 0 Å². The minimum Gasteiger partial charge on any atom is -0.486 e. The Labute approximate surface area is 194 Å². The fraction of sp³-hybridized carbons (Fsp3) is 0.542. The van der Waals surface area contributed by atoms with Crippen LogP contribution in [-0.4, -0.2) is 55.6 Å². The van der Waals surface area contributed by atoms with Crippen molar-refractivity contribution in [2.45, 2.75) is 71.0 Å². The van der Waals surface area contributed by atoms with Crippen LogP contribution in [0.5, 0.6) is 11.5 Å². The monoisotopic (exact) mass is 463 g/mol. The highest BCUT2D eigenvalue weighted by Gasteiger charge is 2.34. The molecule has 0 radical (unpaired) electrons. The Morgan fingerprint density at radius 3 is 2.64 bits per heavy atom. The van der Waals surface area contributed by atoms with Gasteiger partial charge in [-0.2, -0.15) is 0 Å². The molecule has 3 unspecified atom stereocenters. The van der Waals surface area contributed by atoms with Crippen molar-refractivity contribution in [1.82, 2.24) is 5.32 Å². The lowest BCUT2D eigenvalue weighted by atomic mass is 10.1. The lowest BCUT2D eigenvalue weighted by molar-refractivity contribution is -0.192. The van der Waals surface area contributed by atoms with Crippen LogP contribution in [0.25, 0.3) is 0 Å². The Bertz CT molecular complexity index is 826. The number of rotatable bonds is 10. The number of hydrogen-bond acceptors (Lipinski definition) is 8. The zero-order valence-corrected chi connectivity index (χ0v) is 19.6. The molecule has 182 valence electrons. The molecule has 9 nitrogen and oxygen atoms in total. The standard InChI is InChI=1S/C24H33NO8/c1-6-12-29-18-11-10-17(15-26)14-19(18)32-22(27)21(25-23(28)33-24(3,4)5)16(2)31-20-9-7-8-13-30-20/h6,10-11,14-16,20-21H,1,7-9,12-13H2,2-5H3,(H,25,28). The molecule has 2 rings (SSSR count). The maximum atomic E-state index is 13.1. The second-order valence-electron chi connectivity index (χ2n) is 8.61. The number of alkyl carbamates (subject to hydrolysis) is 1. The van der Waals surface area contributed by atoms with Crippen LogP contribution >= 0.6 is 0 Å². The Hall–Kier alpha value is -2.91. The van der Waals surface area contributed by atoms with Gasteiger partial charge in [-0.1, -0.05) is 12.7 Å². The third kappa shape index (κ3) is 8.86. The molecule has 0 spiro atoms. The third-order valence-corrected chi connectivity index (χ3v) is 4.57. The lowest BCUT2D eigenvalue weighted by Crippen LogP contribution is -2.52. The van der Waals surface area contributed by atoms with Gasteiger partial charge in [0.25, 0.3) is 0 Å². The third-order valence-electron chi connectivity index (χ3n) is 4.57. The summed E-state index contributed by atoms with van der Waals surface area (Å²) in [6.07, 6.45) is 2.64. The summed E-state index contributed by atoms with van der Waals surface area (Å²) in [6, 6.07) is 3.22. The minimum atomic E-state index is -1.21. The first-order chi connectivity index (χ1) is 15.6. The highest BCUT2D eigenvalue weighted by molar-refractivity contribution is 5.85. The van der Waals surface area contributed by atoms with Gasteiger partial charge >= 0.3 is 12.1 Å². The van der Waals surface area contributed by atoms with Crippen LogP contribution in [0.3, 0.4) is 0 Å². The Balaban J connectivity index is 2.23. The molecule has 1 aromatic carbocycles. The van der Waals surface area contributed by atoms with E-state index in [0.717, 1.165) is 12.8 Å². The van der Waals surface area contributed by atoms with Crippen LogP contribution in [0.4, 0.5) is 4.79 Å². The summed E-state index contributed by atoms with van der Waals surface area (Å²) in [5.41, 5.74) is -0.473. The van der Waals surface area contributed by atoms with Gasteiger partial charge in [0, 0.05) is 12.2 Å². The zero-order chi connectivity index (χ0) is 24.4. The van der Waals surface area contributed by atoms with Gasteiger partial charge in [-0.05, 0) is 65.2 Å². The molecule has 1 heterocycles. The molecule has 33 heavy (non-hydrogen) atoms. The van der Waals surface area contributed by atoms with E-state index in [4.69, 9.17) is 23.7 Å². The van der Waals surface area contributed by atoms with Crippen LogP contribution < -0.4 is 14.8 Å². The normalized spacial score (nSPS) is 17.9. The van der Waals surface area contributed by atoms with E-state index < -0.39 is 36.1 Å². The van der Waals surface area contributed by atoms with E-state index >= 15 is 0 Å². The fourth-order valence-corrected chi connectivity index (χ4v) is 3.06. The molecule has 0 bridgehead atoms. The number of aldehydes is 1. The van der Waals surface area contributed by atoms with Gasteiger partial charge in [0.2, 0.25) is 0 Å². The van der Waals surface area contributed by atoms with Gasteiger partial charge in [-0.3, -0.25) is 4.79 Å². The summed E-state index contributed by atoms with van der Waals surface area (Å²) in [5.74, 6) is -0.534. The largest absolute Gasteiger partial charge is 0.486 e. The number of esters is 1.